The smallest absolute Gasteiger partial charge is 0.113 e. The molecule has 5 heteroatoms. The zero-order chi connectivity index (χ0) is 13.7. The molecule has 0 spiro atoms. The molecule has 1 aromatic rings. The molecule has 1 aliphatic heterocycles. The molecule has 0 amide bonds. The maximum atomic E-state index is 9.12. The van der Waals surface area contributed by atoms with Gasteiger partial charge in [0.2, 0.25) is 0 Å². The zero-order valence-electron chi connectivity index (χ0n) is 11.6. The van der Waals surface area contributed by atoms with Crippen LogP contribution in [-0.4, -0.2) is 53.8 Å². The molecule has 0 atom stereocenters. The van der Waals surface area contributed by atoms with Gasteiger partial charge >= 0.3 is 0 Å². The molecule has 0 aliphatic carbocycles. The number of nitrogens with zero attached hydrogens (tertiary/aromatic N) is 4. The summed E-state index contributed by atoms with van der Waals surface area (Å²) in [5, 5.41) is 9.94. The van der Waals surface area contributed by atoms with E-state index in [9.17, 15) is 0 Å². The number of pyridine rings is 1. The fourth-order valence-corrected chi connectivity index (χ4v) is 2.83. The van der Waals surface area contributed by atoms with Crippen molar-refractivity contribution in [2.45, 2.75) is 18.5 Å². The highest BCUT2D eigenvalue weighted by Gasteiger charge is 2.16. The minimum Gasteiger partial charge on any atom is -0.301 e. The second-order valence-electron chi connectivity index (χ2n) is 4.72. The number of aromatic nitrogens is 1. The van der Waals surface area contributed by atoms with Crippen LogP contribution in [0.25, 0.3) is 0 Å². The summed E-state index contributed by atoms with van der Waals surface area (Å²) in [7, 11) is 0. The lowest BCUT2D eigenvalue weighted by Crippen LogP contribution is -2.45. The van der Waals surface area contributed by atoms with Crippen LogP contribution in [0.3, 0.4) is 0 Å². The van der Waals surface area contributed by atoms with Crippen LogP contribution in [-0.2, 0) is 6.54 Å². The van der Waals surface area contributed by atoms with Crippen LogP contribution in [0, 0.1) is 11.3 Å². The predicted octanol–water partition coefficient (Wildman–Crippen LogP) is 1.81. The molecule has 1 aliphatic rings. The molecule has 1 fully saturated rings. The number of nitriles is 1. The quantitative estimate of drug-likeness (QED) is 0.785. The minimum atomic E-state index is 0.692. The molecule has 0 bridgehead atoms. The topological polar surface area (TPSA) is 43.2 Å². The number of rotatable bonds is 4. The van der Waals surface area contributed by atoms with Gasteiger partial charge in [0.25, 0.3) is 0 Å². The van der Waals surface area contributed by atoms with Crippen molar-refractivity contribution < 1.29 is 0 Å². The number of thioether (sulfide) groups is 1. The van der Waals surface area contributed by atoms with Gasteiger partial charge in [0.05, 0.1) is 5.56 Å². The Bertz CT molecular complexity index is 461. The van der Waals surface area contributed by atoms with Crippen LogP contribution in [0.15, 0.2) is 17.3 Å². The van der Waals surface area contributed by atoms with Gasteiger partial charge < -0.3 is 4.90 Å². The molecule has 0 aromatic carbocycles. The van der Waals surface area contributed by atoms with Crippen LogP contribution in [0.5, 0.6) is 0 Å². The Balaban J connectivity index is 1.98. The van der Waals surface area contributed by atoms with Gasteiger partial charge in [0.1, 0.15) is 11.1 Å². The Morgan fingerprint density at radius 3 is 2.58 bits per heavy atom. The molecule has 2 heterocycles. The summed E-state index contributed by atoms with van der Waals surface area (Å²) < 4.78 is 0. The summed E-state index contributed by atoms with van der Waals surface area (Å²) in [5.41, 5.74) is 1.83. The molecule has 0 radical (unpaired) electrons. The number of hydrogen-bond acceptors (Lipinski definition) is 5. The van der Waals surface area contributed by atoms with Crippen molar-refractivity contribution in [2.24, 2.45) is 0 Å². The lowest BCUT2D eigenvalue weighted by molar-refractivity contribution is 0.132. The van der Waals surface area contributed by atoms with E-state index in [4.69, 9.17) is 5.26 Å². The summed E-state index contributed by atoms with van der Waals surface area (Å²) in [6, 6.07) is 4.21. The zero-order valence-corrected chi connectivity index (χ0v) is 12.4. The van der Waals surface area contributed by atoms with Gasteiger partial charge in [-0.15, -0.1) is 11.8 Å². The minimum absolute atomic E-state index is 0.692. The second-order valence-corrected chi connectivity index (χ2v) is 5.52. The Morgan fingerprint density at radius 1 is 1.32 bits per heavy atom. The van der Waals surface area contributed by atoms with Crippen molar-refractivity contribution in [1.29, 1.82) is 5.26 Å². The Kier molecular flexibility index (Phi) is 5.20. The Morgan fingerprint density at radius 2 is 2.00 bits per heavy atom. The van der Waals surface area contributed by atoms with Crippen molar-refractivity contribution >= 4 is 11.8 Å². The molecule has 0 saturated carbocycles. The van der Waals surface area contributed by atoms with Crippen LogP contribution >= 0.6 is 11.8 Å². The van der Waals surface area contributed by atoms with E-state index in [-0.39, 0.29) is 0 Å². The second kappa shape index (κ2) is 6.90. The van der Waals surface area contributed by atoms with Crippen molar-refractivity contribution in [1.82, 2.24) is 14.8 Å². The third-order valence-corrected chi connectivity index (χ3v) is 4.25. The molecular formula is C14H20N4S. The first-order valence-corrected chi connectivity index (χ1v) is 7.87. The average Bonchev–Trinajstić information content (AvgIpc) is 2.48. The van der Waals surface area contributed by atoms with Crippen LogP contribution in [0.4, 0.5) is 0 Å². The maximum absolute atomic E-state index is 9.12. The highest BCUT2D eigenvalue weighted by atomic mass is 32.2. The summed E-state index contributed by atoms with van der Waals surface area (Å²) in [5.74, 6) is 0. The molecule has 102 valence electrons. The first-order valence-electron chi connectivity index (χ1n) is 6.64. The monoisotopic (exact) mass is 276 g/mol. The molecule has 0 unspecified atom stereocenters. The fraction of sp³-hybridized carbons (Fsp3) is 0.571. The fourth-order valence-electron chi connectivity index (χ4n) is 2.35. The van der Waals surface area contributed by atoms with E-state index in [2.05, 4.69) is 27.8 Å². The molecular weight excluding hydrogens is 256 g/mol. The number of piperazine rings is 1. The van der Waals surface area contributed by atoms with Crippen molar-refractivity contribution in [2.75, 3.05) is 39.0 Å². The number of hydrogen-bond donors (Lipinski definition) is 0. The standard InChI is InChI=1S/C14H20N4S/c1-3-17-4-6-18(7-5-17)11-12-8-13(9-15)14(19-2)16-10-12/h8,10H,3-7,11H2,1-2H3. The molecule has 0 N–H and O–H groups in total. The Hall–Kier alpha value is -1.09. The summed E-state index contributed by atoms with van der Waals surface area (Å²) in [6.45, 7) is 8.71. The van der Waals surface area contributed by atoms with Crippen LogP contribution < -0.4 is 0 Å². The van der Waals surface area contributed by atoms with Gasteiger partial charge in [-0.2, -0.15) is 5.26 Å². The van der Waals surface area contributed by atoms with Gasteiger partial charge in [-0.05, 0) is 24.4 Å². The third-order valence-electron chi connectivity index (χ3n) is 3.54. The molecule has 1 aromatic heterocycles. The SMILES string of the molecule is CCN1CCN(Cc2cnc(SC)c(C#N)c2)CC1. The largest absolute Gasteiger partial charge is 0.301 e. The van der Waals surface area contributed by atoms with Gasteiger partial charge in [-0.3, -0.25) is 4.90 Å². The third kappa shape index (κ3) is 3.69. The summed E-state index contributed by atoms with van der Waals surface area (Å²) in [4.78, 5) is 9.27. The maximum Gasteiger partial charge on any atom is 0.113 e. The Labute approximate surface area is 119 Å². The highest BCUT2D eigenvalue weighted by Crippen LogP contribution is 2.18. The van der Waals surface area contributed by atoms with E-state index < -0.39 is 0 Å². The number of likely N-dealkylation sites (N-methyl/N-ethyl adjacent to an activating group) is 1. The van der Waals surface area contributed by atoms with Gasteiger partial charge in [-0.1, -0.05) is 6.92 Å². The van der Waals surface area contributed by atoms with E-state index in [1.165, 1.54) is 11.8 Å². The summed E-state index contributed by atoms with van der Waals surface area (Å²) >= 11 is 1.52. The van der Waals surface area contributed by atoms with E-state index in [1.807, 2.05) is 18.5 Å². The first-order chi connectivity index (χ1) is 9.26. The van der Waals surface area contributed by atoms with Crippen LogP contribution in [0.2, 0.25) is 0 Å². The van der Waals surface area contributed by atoms with E-state index in [0.29, 0.717) is 5.56 Å². The normalized spacial score (nSPS) is 17.3. The molecule has 1 saturated heterocycles. The summed E-state index contributed by atoms with van der Waals surface area (Å²) in [6.07, 6.45) is 3.85. The lowest BCUT2D eigenvalue weighted by Gasteiger charge is -2.33. The van der Waals surface area contributed by atoms with Crippen molar-refractivity contribution in [3.05, 3.63) is 23.4 Å². The van der Waals surface area contributed by atoms with E-state index in [0.717, 1.165) is 49.9 Å². The van der Waals surface area contributed by atoms with E-state index in [1.54, 1.807) is 0 Å². The average molecular weight is 276 g/mol. The van der Waals surface area contributed by atoms with Crippen molar-refractivity contribution in [3.63, 3.8) is 0 Å². The first kappa shape index (κ1) is 14.3. The predicted molar refractivity (Wildman–Crippen MR) is 78.1 cm³/mol. The van der Waals surface area contributed by atoms with Crippen molar-refractivity contribution in [3.8, 4) is 6.07 Å². The molecule has 4 nitrogen and oxygen atoms in total. The molecule has 19 heavy (non-hydrogen) atoms. The van der Waals surface area contributed by atoms with Crippen LogP contribution in [0.1, 0.15) is 18.1 Å². The van der Waals surface area contributed by atoms with Gasteiger partial charge in [-0.25, -0.2) is 4.98 Å². The molecule has 2 rings (SSSR count). The van der Waals surface area contributed by atoms with E-state index >= 15 is 0 Å². The highest BCUT2D eigenvalue weighted by molar-refractivity contribution is 7.98. The lowest BCUT2D eigenvalue weighted by atomic mass is 10.2. The van der Waals surface area contributed by atoms with Gasteiger partial charge in [0.15, 0.2) is 0 Å². The van der Waals surface area contributed by atoms with Gasteiger partial charge in [0, 0.05) is 38.9 Å².